The quantitative estimate of drug-likeness (QED) is 0.888. The van der Waals surface area contributed by atoms with Gasteiger partial charge in [-0.1, -0.05) is 6.07 Å². The summed E-state index contributed by atoms with van der Waals surface area (Å²) in [5.74, 6) is -0.985. The van der Waals surface area contributed by atoms with Gasteiger partial charge in [0.05, 0.1) is 0 Å². The lowest BCUT2D eigenvalue weighted by Crippen LogP contribution is -2.30. The molecule has 0 amide bonds. The number of carboxylic acids is 1. The first-order chi connectivity index (χ1) is 9.56. The lowest BCUT2D eigenvalue weighted by Gasteiger charge is -2.24. The summed E-state index contributed by atoms with van der Waals surface area (Å²) in [6.45, 7) is 2.90. The number of nitrogens with zero attached hydrogens (tertiary/aromatic N) is 2. The first-order valence-corrected chi connectivity index (χ1v) is 7.35. The molecule has 0 aliphatic heterocycles. The maximum absolute atomic E-state index is 10.9. The van der Waals surface area contributed by atoms with E-state index in [4.69, 9.17) is 5.11 Å². The Morgan fingerprint density at radius 1 is 1.50 bits per heavy atom. The topological polar surface area (TPSA) is 53.4 Å². The Morgan fingerprint density at radius 3 is 2.95 bits per heavy atom. The highest BCUT2D eigenvalue weighted by molar-refractivity contribution is 7.09. The molecule has 1 atom stereocenters. The third kappa shape index (κ3) is 3.88. The lowest BCUT2D eigenvalue weighted by molar-refractivity contribution is 0.0690. The molecule has 1 unspecified atom stereocenters. The second-order valence-electron chi connectivity index (χ2n) is 4.90. The van der Waals surface area contributed by atoms with Crippen LogP contribution in [-0.2, 0) is 13.0 Å². The standard InChI is InChI=1S/C15H18N2O2S/c1-11(8-13-4-3-7-20-13)17(2)10-12-5-6-16-14(9-12)15(18)19/h3-7,9,11H,8,10H2,1-2H3,(H,18,19). The zero-order valence-electron chi connectivity index (χ0n) is 11.6. The number of hydrogen-bond donors (Lipinski definition) is 1. The van der Waals surface area contributed by atoms with Crippen molar-refractivity contribution in [3.8, 4) is 0 Å². The van der Waals surface area contributed by atoms with Gasteiger partial charge < -0.3 is 5.11 Å². The number of carbonyl (C=O) groups is 1. The van der Waals surface area contributed by atoms with Crippen LogP contribution in [0.5, 0.6) is 0 Å². The molecule has 0 radical (unpaired) electrons. The third-order valence-electron chi connectivity index (χ3n) is 3.30. The minimum Gasteiger partial charge on any atom is -0.477 e. The van der Waals surface area contributed by atoms with E-state index in [1.54, 1.807) is 23.6 Å². The van der Waals surface area contributed by atoms with Crippen molar-refractivity contribution in [3.63, 3.8) is 0 Å². The van der Waals surface area contributed by atoms with E-state index >= 15 is 0 Å². The maximum Gasteiger partial charge on any atom is 0.354 e. The van der Waals surface area contributed by atoms with Gasteiger partial charge >= 0.3 is 5.97 Å². The Hall–Kier alpha value is -1.72. The normalized spacial score (nSPS) is 12.6. The molecule has 106 valence electrons. The summed E-state index contributed by atoms with van der Waals surface area (Å²) in [5.41, 5.74) is 1.07. The van der Waals surface area contributed by atoms with Gasteiger partial charge in [0.15, 0.2) is 0 Å². The zero-order chi connectivity index (χ0) is 14.5. The van der Waals surface area contributed by atoms with Crippen LogP contribution in [0.4, 0.5) is 0 Å². The van der Waals surface area contributed by atoms with Crippen molar-refractivity contribution in [2.45, 2.75) is 25.9 Å². The van der Waals surface area contributed by atoms with Crippen molar-refractivity contribution in [2.75, 3.05) is 7.05 Å². The summed E-state index contributed by atoms with van der Waals surface area (Å²) in [6, 6.07) is 8.10. The molecule has 0 saturated carbocycles. The molecule has 0 aromatic carbocycles. The van der Waals surface area contributed by atoms with E-state index in [1.165, 1.54) is 4.88 Å². The predicted octanol–water partition coefficient (Wildman–Crippen LogP) is 2.90. The lowest BCUT2D eigenvalue weighted by atomic mass is 10.1. The minimum absolute atomic E-state index is 0.0989. The summed E-state index contributed by atoms with van der Waals surface area (Å²) in [6.07, 6.45) is 2.56. The number of hydrogen-bond acceptors (Lipinski definition) is 4. The van der Waals surface area contributed by atoms with E-state index in [0.29, 0.717) is 6.04 Å². The van der Waals surface area contributed by atoms with Gasteiger partial charge in [0, 0.05) is 23.7 Å². The fourth-order valence-corrected chi connectivity index (χ4v) is 2.84. The molecule has 0 fully saturated rings. The number of aromatic nitrogens is 1. The highest BCUT2D eigenvalue weighted by Crippen LogP contribution is 2.15. The van der Waals surface area contributed by atoms with Crippen molar-refractivity contribution >= 4 is 17.3 Å². The molecule has 0 aliphatic carbocycles. The van der Waals surface area contributed by atoms with Crippen molar-refractivity contribution in [1.82, 2.24) is 9.88 Å². The van der Waals surface area contributed by atoms with Gasteiger partial charge in [-0.05, 0) is 49.5 Å². The van der Waals surface area contributed by atoms with Crippen molar-refractivity contribution in [3.05, 3.63) is 52.0 Å². The van der Waals surface area contributed by atoms with Gasteiger partial charge in [-0.3, -0.25) is 4.90 Å². The first-order valence-electron chi connectivity index (χ1n) is 6.47. The van der Waals surface area contributed by atoms with E-state index in [0.717, 1.165) is 18.5 Å². The first kappa shape index (κ1) is 14.7. The van der Waals surface area contributed by atoms with Gasteiger partial charge in [0.25, 0.3) is 0 Å². The Labute approximate surface area is 122 Å². The molecule has 0 saturated heterocycles. The number of thiophene rings is 1. The van der Waals surface area contributed by atoms with E-state index in [-0.39, 0.29) is 5.69 Å². The van der Waals surface area contributed by atoms with Crippen molar-refractivity contribution < 1.29 is 9.90 Å². The fraction of sp³-hybridized carbons (Fsp3) is 0.333. The molecule has 2 aromatic rings. The average molecular weight is 290 g/mol. The summed E-state index contributed by atoms with van der Waals surface area (Å²) in [5, 5.41) is 11.0. The van der Waals surface area contributed by atoms with Crippen molar-refractivity contribution in [2.24, 2.45) is 0 Å². The number of rotatable bonds is 6. The van der Waals surface area contributed by atoms with Crippen LogP contribution in [0.2, 0.25) is 0 Å². The van der Waals surface area contributed by atoms with Gasteiger partial charge in [-0.25, -0.2) is 9.78 Å². The number of likely N-dealkylation sites (N-methyl/N-ethyl adjacent to an activating group) is 1. The van der Waals surface area contributed by atoms with E-state index in [1.807, 2.05) is 6.07 Å². The summed E-state index contributed by atoms with van der Waals surface area (Å²) in [4.78, 5) is 18.3. The second kappa shape index (κ2) is 6.63. The molecule has 5 heteroatoms. The highest BCUT2D eigenvalue weighted by atomic mass is 32.1. The van der Waals surface area contributed by atoms with E-state index in [2.05, 4.69) is 41.4 Å². The smallest absolute Gasteiger partial charge is 0.354 e. The molecular formula is C15H18N2O2S. The largest absolute Gasteiger partial charge is 0.477 e. The summed E-state index contributed by atoms with van der Waals surface area (Å²) >= 11 is 1.77. The number of pyridine rings is 1. The second-order valence-corrected chi connectivity index (χ2v) is 5.93. The Morgan fingerprint density at radius 2 is 2.30 bits per heavy atom. The fourth-order valence-electron chi connectivity index (χ4n) is 2.01. The molecule has 2 heterocycles. The van der Waals surface area contributed by atoms with Crippen LogP contribution in [0.25, 0.3) is 0 Å². The molecular weight excluding hydrogens is 272 g/mol. The predicted molar refractivity (Wildman–Crippen MR) is 80.1 cm³/mol. The highest BCUT2D eigenvalue weighted by Gasteiger charge is 2.12. The van der Waals surface area contributed by atoms with Crippen LogP contribution < -0.4 is 0 Å². The maximum atomic E-state index is 10.9. The molecule has 1 N–H and O–H groups in total. The van der Waals surface area contributed by atoms with Crippen LogP contribution in [0.3, 0.4) is 0 Å². The third-order valence-corrected chi connectivity index (χ3v) is 4.20. The molecule has 2 aromatic heterocycles. The number of carboxylic acid groups (broad SMARTS) is 1. The summed E-state index contributed by atoms with van der Waals surface area (Å²) < 4.78 is 0. The van der Waals surface area contributed by atoms with Crippen LogP contribution >= 0.6 is 11.3 Å². The van der Waals surface area contributed by atoms with Gasteiger partial charge in [0.1, 0.15) is 5.69 Å². The monoisotopic (exact) mass is 290 g/mol. The van der Waals surface area contributed by atoms with Crippen LogP contribution in [0, 0.1) is 0 Å². The average Bonchev–Trinajstić information content (AvgIpc) is 2.91. The minimum atomic E-state index is -0.985. The van der Waals surface area contributed by atoms with E-state index in [9.17, 15) is 4.79 Å². The van der Waals surface area contributed by atoms with Gasteiger partial charge in [0.2, 0.25) is 0 Å². The van der Waals surface area contributed by atoms with Crippen LogP contribution in [0.1, 0.15) is 27.9 Å². The Bertz CT molecular complexity index is 569. The zero-order valence-corrected chi connectivity index (χ0v) is 12.4. The summed E-state index contributed by atoms with van der Waals surface area (Å²) in [7, 11) is 2.05. The molecule has 2 rings (SSSR count). The van der Waals surface area contributed by atoms with Gasteiger partial charge in [-0.15, -0.1) is 11.3 Å². The van der Waals surface area contributed by atoms with Crippen LogP contribution in [-0.4, -0.2) is 34.0 Å². The van der Waals surface area contributed by atoms with Crippen LogP contribution in [0.15, 0.2) is 35.8 Å². The molecule has 0 bridgehead atoms. The van der Waals surface area contributed by atoms with E-state index < -0.39 is 5.97 Å². The molecule has 20 heavy (non-hydrogen) atoms. The molecule has 4 nitrogen and oxygen atoms in total. The van der Waals surface area contributed by atoms with Crippen molar-refractivity contribution in [1.29, 1.82) is 0 Å². The SMILES string of the molecule is CC(Cc1cccs1)N(C)Cc1ccnc(C(=O)O)c1. The number of aromatic carboxylic acids is 1. The molecule has 0 spiro atoms. The molecule has 0 aliphatic rings. The Balaban J connectivity index is 1.98. The van der Waals surface area contributed by atoms with Gasteiger partial charge in [-0.2, -0.15) is 0 Å². The Kier molecular flexibility index (Phi) is 4.87.